The van der Waals surface area contributed by atoms with Crippen molar-refractivity contribution in [3.8, 4) is 17.1 Å². The van der Waals surface area contributed by atoms with Gasteiger partial charge in [0.2, 0.25) is 5.88 Å². The lowest BCUT2D eigenvalue weighted by molar-refractivity contribution is 0.419. The van der Waals surface area contributed by atoms with Crippen molar-refractivity contribution in [2.45, 2.75) is 34.2 Å². The maximum atomic E-state index is 9.82. The molecule has 0 fully saturated rings. The molecule has 1 N–H and O–H groups in total. The molecule has 18 heavy (non-hydrogen) atoms. The zero-order chi connectivity index (χ0) is 13.3. The molecule has 0 aliphatic carbocycles. The van der Waals surface area contributed by atoms with Crippen LogP contribution in [-0.4, -0.2) is 14.9 Å². The van der Waals surface area contributed by atoms with Crippen LogP contribution in [0.4, 0.5) is 0 Å². The molecule has 0 amide bonds. The molecule has 0 unspecified atom stereocenters. The van der Waals surface area contributed by atoms with Gasteiger partial charge in [0.15, 0.2) is 0 Å². The highest BCUT2D eigenvalue weighted by molar-refractivity contribution is 5.65. The number of hydrogen-bond donors (Lipinski definition) is 1. The summed E-state index contributed by atoms with van der Waals surface area (Å²) < 4.78 is 1.90. The van der Waals surface area contributed by atoms with Crippen LogP contribution < -0.4 is 0 Å². The highest BCUT2D eigenvalue weighted by Gasteiger charge is 2.15. The molecule has 0 saturated carbocycles. The van der Waals surface area contributed by atoms with Gasteiger partial charge in [-0.1, -0.05) is 43.7 Å². The van der Waals surface area contributed by atoms with E-state index in [2.05, 4.69) is 50.1 Å². The quantitative estimate of drug-likeness (QED) is 0.897. The minimum absolute atomic E-state index is 0.131. The zero-order valence-corrected chi connectivity index (χ0v) is 11.4. The van der Waals surface area contributed by atoms with E-state index in [-0.39, 0.29) is 5.88 Å². The second-order valence-electron chi connectivity index (χ2n) is 5.24. The number of hydrogen-bond acceptors (Lipinski definition) is 2. The molecule has 3 heteroatoms. The van der Waals surface area contributed by atoms with E-state index < -0.39 is 0 Å². The Hall–Kier alpha value is -1.77. The standard InChI is InChI=1S/C15H20N2O/c1-10(2)9-17-14(12(4)15(18)16-17)13-7-5-11(3)6-8-13/h5-8,10H,9H2,1-4H3,(H,16,18). The Labute approximate surface area is 108 Å². The van der Waals surface area contributed by atoms with Gasteiger partial charge in [0.1, 0.15) is 0 Å². The third-order valence-corrected chi connectivity index (χ3v) is 3.03. The van der Waals surface area contributed by atoms with E-state index in [0.29, 0.717) is 5.92 Å². The van der Waals surface area contributed by atoms with Crippen molar-refractivity contribution in [1.29, 1.82) is 0 Å². The molecule has 2 rings (SSSR count). The fourth-order valence-electron chi connectivity index (χ4n) is 2.09. The molecule has 1 aromatic heterocycles. The Morgan fingerprint density at radius 1 is 1.17 bits per heavy atom. The third-order valence-electron chi connectivity index (χ3n) is 3.03. The van der Waals surface area contributed by atoms with Crippen molar-refractivity contribution >= 4 is 0 Å². The molecule has 0 aliphatic rings. The summed E-state index contributed by atoms with van der Waals surface area (Å²) in [6.45, 7) is 9.08. The lowest BCUT2D eigenvalue weighted by Crippen LogP contribution is -2.07. The highest BCUT2D eigenvalue weighted by Crippen LogP contribution is 2.29. The van der Waals surface area contributed by atoms with E-state index in [1.807, 2.05) is 11.6 Å². The number of rotatable bonds is 3. The Morgan fingerprint density at radius 2 is 1.78 bits per heavy atom. The maximum absolute atomic E-state index is 9.82. The molecular weight excluding hydrogens is 224 g/mol. The lowest BCUT2D eigenvalue weighted by atomic mass is 10.1. The molecule has 0 atom stereocenters. The van der Waals surface area contributed by atoms with E-state index in [1.165, 1.54) is 5.56 Å². The first-order valence-electron chi connectivity index (χ1n) is 6.32. The van der Waals surface area contributed by atoms with Gasteiger partial charge in [0.25, 0.3) is 0 Å². The second-order valence-corrected chi connectivity index (χ2v) is 5.24. The van der Waals surface area contributed by atoms with Gasteiger partial charge in [-0.3, -0.25) is 4.68 Å². The highest BCUT2D eigenvalue weighted by atomic mass is 16.3. The average Bonchev–Trinajstić information content (AvgIpc) is 2.55. The van der Waals surface area contributed by atoms with Crippen LogP contribution in [0.1, 0.15) is 25.0 Å². The predicted octanol–water partition coefficient (Wildman–Crippen LogP) is 3.53. The topological polar surface area (TPSA) is 38.1 Å². The van der Waals surface area contributed by atoms with Crippen molar-refractivity contribution in [2.24, 2.45) is 5.92 Å². The van der Waals surface area contributed by atoms with Gasteiger partial charge in [0.05, 0.1) is 5.69 Å². The second kappa shape index (κ2) is 4.84. The smallest absolute Gasteiger partial charge is 0.233 e. The van der Waals surface area contributed by atoms with Crippen molar-refractivity contribution in [2.75, 3.05) is 0 Å². The molecule has 0 aliphatic heterocycles. The summed E-state index contributed by atoms with van der Waals surface area (Å²) in [6, 6.07) is 8.32. The van der Waals surface area contributed by atoms with Crippen molar-refractivity contribution in [1.82, 2.24) is 9.78 Å². The first-order chi connectivity index (χ1) is 8.49. The van der Waals surface area contributed by atoms with Gasteiger partial charge in [0, 0.05) is 17.7 Å². The fraction of sp³-hybridized carbons (Fsp3) is 0.400. The van der Waals surface area contributed by atoms with E-state index >= 15 is 0 Å². The van der Waals surface area contributed by atoms with Crippen LogP contribution >= 0.6 is 0 Å². The molecule has 0 radical (unpaired) electrons. The van der Waals surface area contributed by atoms with Gasteiger partial charge in [-0.25, -0.2) is 0 Å². The van der Waals surface area contributed by atoms with Crippen molar-refractivity contribution in [3.05, 3.63) is 35.4 Å². The van der Waals surface area contributed by atoms with Gasteiger partial charge >= 0.3 is 0 Å². The molecule has 0 bridgehead atoms. The fourth-order valence-corrected chi connectivity index (χ4v) is 2.09. The SMILES string of the molecule is Cc1ccc(-c2c(C)c(O)nn2CC(C)C)cc1. The molecular formula is C15H20N2O. The summed E-state index contributed by atoms with van der Waals surface area (Å²) in [5.74, 6) is 0.624. The Balaban J connectivity index is 2.51. The summed E-state index contributed by atoms with van der Waals surface area (Å²) in [5.41, 5.74) is 4.20. The van der Waals surface area contributed by atoms with Crippen LogP contribution in [0.15, 0.2) is 24.3 Å². The summed E-state index contributed by atoms with van der Waals surface area (Å²) in [6.07, 6.45) is 0. The van der Waals surface area contributed by atoms with E-state index in [4.69, 9.17) is 0 Å². The molecule has 0 spiro atoms. The van der Waals surface area contributed by atoms with Crippen LogP contribution in [0, 0.1) is 19.8 Å². The van der Waals surface area contributed by atoms with Crippen LogP contribution in [0.2, 0.25) is 0 Å². The Morgan fingerprint density at radius 3 is 2.33 bits per heavy atom. The summed E-state index contributed by atoms with van der Waals surface area (Å²) in [4.78, 5) is 0. The van der Waals surface area contributed by atoms with Gasteiger partial charge < -0.3 is 5.11 Å². The number of aryl methyl sites for hydroxylation is 1. The largest absolute Gasteiger partial charge is 0.492 e. The lowest BCUT2D eigenvalue weighted by Gasteiger charge is -2.10. The van der Waals surface area contributed by atoms with Crippen molar-refractivity contribution in [3.63, 3.8) is 0 Å². The van der Waals surface area contributed by atoms with Crippen molar-refractivity contribution < 1.29 is 5.11 Å². The van der Waals surface area contributed by atoms with Gasteiger partial charge in [-0.05, 0) is 19.8 Å². The zero-order valence-electron chi connectivity index (χ0n) is 11.4. The first-order valence-corrected chi connectivity index (χ1v) is 6.32. The molecule has 3 nitrogen and oxygen atoms in total. The molecule has 1 heterocycles. The number of aromatic hydroxyl groups is 1. The third kappa shape index (κ3) is 2.40. The van der Waals surface area contributed by atoms with Crippen LogP contribution in [0.25, 0.3) is 11.3 Å². The van der Waals surface area contributed by atoms with E-state index in [0.717, 1.165) is 23.4 Å². The summed E-state index contributed by atoms with van der Waals surface area (Å²) >= 11 is 0. The van der Waals surface area contributed by atoms with Crippen LogP contribution in [-0.2, 0) is 6.54 Å². The minimum Gasteiger partial charge on any atom is -0.492 e. The number of aromatic nitrogens is 2. The summed E-state index contributed by atoms with van der Waals surface area (Å²) in [7, 11) is 0. The Bertz CT molecular complexity index is 538. The predicted molar refractivity (Wildman–Crippen MR) is 73.6 cm³/mol. The first kappa shape index (κ1) is 12.7. The monoisotopic (exact) mass is 244 g/mol. The number of benzene rings is 1. The molecule has 1 aromatic carbocycles. The van der Waals surface area contributed by atoms with Gasteiger partial charge in [-0.15, -0.1) is 5.10 Å². The van der Waals surface area contributed by atoms with Crippen LogP contribution in [0.3, 0.4) is 0 Å². The van der Waals surface area contributed by atoms with Gasteiger partial charge in [-0.2, -0.15) is 0 Å². The molecule has 96 valence electrons. The average molecular weight is 244 g/mol. The minimum atomic E-state index is 0.131. The van der Waals surface area contributed by atoms with Crippen LogP contribution in [0.5, 0.6) is 5.88 Å². The number of nitrogens with zero attached hydrogens (tertiary/aromatic N) is 2. The Kier molecular flexibility index (Phi) is 3.41. The summed E-state index contributed by atoms with van der Waals surface area (Å²) in [5, 5.41) is 14.0. The normalized spacial score (nSPS) is 11.2. The van der Waals surface area contributed by atoms with E-state index in [9.17, 15) is 5.11 Å². The molecule has 2 aromatic rings. The van der Waals surface area contributed by atoms with E-state index in [1.54, 1.807) is 0 Å². The molecule has 0 saturated heterocycles. The maximum Gasteiger partial charge on any atom is 0.233 e.